The second-order valence-electron chi connectivity index (χ2n) is 8.06. The van der Waals surface area contributed by atoms with Gasteiger partial charge in [0.1, 0.15) is 0 Å². The van der Waals surface area contributed by atoms with Crippen molar-refractivity contribution in [3.63, 3.8) is 0 Å². The summed E-state index contributed by atoms with van der Waals surface area (Å²) >= 11 is 6.24. The Hall–Kier alpha value is -3.36. The second-order valence-corrected chi connectivity index (χ2v) is 10.5. The molecule has 0 aromatic heterocycles. The molecule has 9 heteroatoms. The maximum atomic E-state index is 12.9. The molecule has 1 heterocycles. The highest BCUT2D eigenvalue weighted by Gasteiger charge is 2.26. The molecule has 34 heavy (non-hydrogen) atoms. The van der Waals surface area contributed by atoms with Gasteiger partial charge in [0.25, 0.3) is 11.8 Å². The summed E-state index contributed by atoms with van der Waals surface area (Å²) in [5.41, 5.74) is 2.95. The number of nitrogens with one attached hydrogen (secondary N) is 2. The molecule has 0 atom stereocenters. The van der Waals surface area contributed by atoms with Crippen LogP contribution < -0.4 is 14.9 Å². The van der Waals surface area contributed by atoms with E-state index < -0.39 is 10.0 Å². The van der Waals surface area contributed by atoms with Gasteiger partial charge in [0, 0.05) is 23.4 Å². The molecule has 0 bridgehead atoms. The SMILES string of the molecule is Cc1cc(N2CCCCS2(=O)=O)ccc1C(=O)Nc1ccc(Cl)c(NC(=O)c2ccccc2)c1. The number of sulfonamides is 1. The zero-order chi connectivity index (χ0) is 24.3. The number of rotatable bonds is 5. The van der Waals surface area contributed by atoms with Crippen molar-refractivity contribution in [2.24, 2.45) is 0 Å². The third kappa shape index (κ3) is 5.24. The number of hydrogen-bond donors (Lipinski definition) is 2. The number of amides is 2. The van der Waals surface area contributed by atoms with Gasteiger partial charge in [-0.3, -0.25) is 13.9 Å². The van der Waals surface area contributed by atoms with E-state index in [9.17, 15) is 18.0 Å². The smallest absolute Gasteiger partial charge is 0.255 e. The van der Waals surface area contributed by atoms with Crippen molar-refractivity contribution in [1.29, 1.82) is 0 Å². The molecule has 2 amide bonds. The van der Waals surface area contributed by atoms with Crippen LogP contribution in [0, 0.1) is 6.92 Å². The molecule has 3 aromatic carbocycles. The van der Waals surface area contributed by atoms with Crippen LogP contribution in [-0.4, -0.2) is 32.5 Å². The van der Waals surface area contributed by atoms with Gasteiger partial charge < -0.3 is 10.6 Å². The average molecular weight is 498 g/mol. The number of nitrogens with zero attached hydrogens (tertiary/aromatic N) is 1. The van der Waals surface area contributed by atoms with E-state index in [1.807, 2.05) is 6.07 Å². The van der Waals surface area contributed by atoms with Gasteiger partial charge in [0.15, 0.2) is 0 Å². The first-order chi connectivity index (χ1) is 16.2. The van der Waals surface area contributed by atoms with E-state index in [4.69, 9.17) is 11.6 Å². The maximum Gasteiger partial charge on any atom is 0.255 e. The summed E-state index contributed by atoms with van der Waals surface area (Å²) < 4.78 is 26.2. The normalized spacial score (nSPS) is 14.9. The molecule has 0 aliphatic carbocycles. The van der Waals surface area contributed by atoms with Crippen molar-refractivity contribution in [3.05, 3.63) is 88.4 Å². The molecule has 7 nitrogen and oxygen atoms in total. The zero-order valence-corrected chi connectivity index (χ0v) is 20.1. The van der Waals surface area contributed by atoms with E-state index in [1.54, 1.807) is 67.6 Å². The average Bonchev–Trinajstić information content (AvgIpc) is 2.81. The van der Waals surface area contributed by atoms with E-state index in [0.717, 1.165) is 6.42 Å². The Morgan fingerprint density at radius 1 is 0.912 bits per heavy atom. The molecule has 2 N–H and O–H groups in total. The number of aryl methyl sites for hydroxylation is 1. The first kappa shape index (κ1) is 23.8. The lowest BCUT2D eigenvalue weighted by Gasteiger charge is -2.28. The standard InChI is InChI=1S/C25H24ClN3O4S/c1-17-15-20(29-13-5-6-14-34(29,32)33)10-11-21(17)25(31)27-19-9-12-22(26)23(16-19)28-24(30)18-7-3-2-4-8-18/h2-4,7-12,15-16H,5-6,13-14H2,1H3,(H,27,31)(H,28,30). The summed E-state index contributed by atoms with van der Waals surface area (Å²) in [5.74, 6) is -0.535. The van der Waals surface area contributed by atoms with Crippen molar-refractivity contribution >= 4 is 50.5 Å². The van der Waals surface area contributed by atoms with Crippen LogP contribution in [0.25, 0.3) is 0 Å². The summed E-state index contributed by atoms with van der Waals surface area (Å²) in [6.45, 7) is 2.21. The van der Waals surface area contributed by atoms with Crippen LogP contribution in [-0.2, 0) is 10.0 Å². The topological polar surface area (TPSA) is 95.6 Å². The van der Waals surface area contributed by atoms with Crippen LogP contribution in [0.1, 0.15) is 39.1 Å². The van der Waals surface area contributed by atoms with Gasteiger partial charge in [-0.15, -0.1) is 0 Å². The van der Waals surface area contributed by atoms with E-state index in [0.29, 0.717) is 51.7 Å². The van der Waals surface area contributed by atoms with E-state index in [-0.39, 0.29) is 17.6 Å². The lowest BCUT2D eigenvalue weighted by atomic mass is 10.1. The van der Waals surface area contributed by atoms with Crippen LogP contribution in [0.4, 0.5) is 17.1 Å². The van der Waals surface area contributed by atoms with E-state index in [1.165, 1.54) is 4.31 Å². The minimum atomic E-state index is -3.33. The number of hydrogen-bond acceptors (Lipinski definition) is 4. The molecule has 1 aliphatic heterocycles. The minimum absolute atomic E-state index is 0.133. The van der Waals surface area contributed by atoms with Crippen molar-refractivity contribution in [1.82, 2.24) is 0 Å². The predicted octanol–water partition coefficient (Wildman–Crippen LogP) is 5.08. The van der Waals surface area contributed by atoms with Gasteiger partial charge in [-0.25, -0.2) is 8.42 Å². The van der Waals surface area contributed by atoms with Crippen LogP contribution in [0.15, 0.2) is 66.7 Å². The van der Waals surface area contributed by atoms with Gasteiger partial charge in [-0.2, -0.15) is 0 Å². The maximum absolute atomic E-state index is 12.9. The van der Waals surface area contributed by atoms with Gasteiger partial charge >= 0.3 is 0 Å². The predicted molar refractivity (Wildman–Crippen MR) is 135 cm³/mol. The number of benzene rings is 3. The Morgan fingerprint density at radius 2 is 1.68 bits per heavy atom. The highest BCUT2D eigenvalue weighted by molar-refractivity contribution is 7.92. The van der Waals surface area contributed by atoms with Crippen LogP contribution in [0.5, 0.6) is 0 Å². The molecule has 3 aromatic rings. The molecule has 1 aliphatic rings. The minimum Gasteiger partial charge on any atom is -0.322 e. The Bertz CT molecular complexity index is 1340. The van der Waals surface area contributed by atoms with Gasteiger partial charge in [-0.05, 0) is 73.9 Å². The fourth-order valence-electron chi connectivity index (χ4n) is 3.82. The Kier molecular flexibility index (Phi) is 6.90. The van der Waals surface area contributed by atoms with E-state index >= 15 is 0 Å². The molecule has 0 saturated carbocycles. The third-order valence-electron chi connectivity index (χ3n) is 5.60. The molecular weight excluding hydrogens is 474 g/mol. The Labute approximate surface area is 203 Å². The highest BCUT2D eigenvalue weighted by atomic mass is 35.5. The van der Waals surface area contributed by atoms with Crippen molar-refractivity contribution in [2.45, 2.75) is 19.8 Å². The zero-order valence-electron chi connectivity index (χ0n) is 18.5. The number of anilines is 3. The van der Waals surface area contributed by atoms with Crippen molar-refractivity contribution < 1.29 is 18.0 Å². The van der Waals surface area contributed by atoms with Crippen molar-refractivity contribution in [3.8, 4) is 0 Å². The van der Waals surface area contributed by atoms with Gasteiger partial charge in [0.05, 0.1) is 22.2 Å². The fraction of sp³-hybridized carbons (Fsp3) is 0.200. The first-order valence-electron chi connectivity index (χ1n) is 10.8. The molecular formula is C25H24ClN3O4S. The number of carbonyl (C=O) groups is 2. The van der Waals surface area contributed by atoms with Gasteiger partial charge in [0.2, 0.25) is 10.0 Å². The van der Waals surface area contributed by atoms with Crippen molar-refractivity contribution in [2.75, 3.05) is 27.2 Å². The third-order valence-corrected chi connectivity index (χ3v) is 7.80. The van der Waals surface area contributed by atoms with Crippen LogP contribution in [0.3, 0.4) is 0 Å². The number of carbonyl (C=O) groups excluding carboxylic acids is 2. The first-order valence-corrected chi connectivity index (χ1v) is 12.8. The quantitative estimate of drug-likeness (QED) is 0.513. The van der Waals surface area contributed by atoms with E-state index in [2.05, 4.69) is 10.6 Å². The highest BCUT2D eigenvalue weighted by Crippen LogP contribution is 2.28. The molecule has 176 valence electrons. The molecule has 0 radical (unpaired) electrons. The van der Waals surface area contributed by atoms with Crippen LogP contribution >= 0.6 is 11.6 Å². The summed E-state index contributed by atoms with van der Waals surface area (Å²) in [6, 6.07) is 18.5. The molecule has 0 unspecified atom stereocenters. The van der Waals surface area contributed by atoms with Gasteiger partial charge in [-0.1, -0.05) is 29.8 Å². The lowest BCUT2D eigenvalue weighted by molar-refractivity contribution is 0.101. The fourth-order valence-corrected chi connectivity index (χ4v) is 5.61. The molecule has 1 fully saturated rings. The summed E-state index contributed by atoms with van der Waals surface area (Å²) in [7, 11) is -3.33. The van der Waals surface area contributed by atoms with Crippen LogP contribution in [0.2, 0.25) is 5.02 Å². The second kappa shape index (κ2) is 9.87. The monoisotopic (exact) mass is 497 g/mol. The summed E-state index contributed by atoms with van der Waals surface area (Å²) in [6.07, 6.45) is 1.47. The Balaban J connectivity index is 1.50. The molecule has 1 saturated heterocycles. The molecule has 4 rings (SSSR count). The lowest BCUT2D eigenvalue weighted by Crippen LogP contribution is -2.37. The molecule has 0 spiro atoms. The summed E-state index contributed by atoms with van der Waals surface area (Å²) in [5, 5.41) is 5.91. The summed E-state index contributed by atoms with van der Waals surface area (Å²) in [4.78, 5) is 25.4. The largest absolute Gasteiger partial charge is 0.322 e. The number of halogens is 1. The Morgan fingerprint density at radius 3 is 2.38 bits per heavy atom.